The van der Waals surface area contributed by atoms with Crippen LogP contribution in [0.3, 0.4) is 0 Å². The van der Waals surface area contributed by atoms with Crippen molar-refractivity contribution in [2.24, 2.45) is 13.0 Å². The Morgan fingerprint density at radius 1 is 1.00 bits per heavy atom. The number of piperazine rings is 1. The Balaban J connectivity index is 1.41. The van der Waals surface area contributed by atoms with Crippen molar-refractivity contribution in [3.63, 3.8) is 0 Å². The first kappa shape index (κ1) is 22.3. The van der Waals surface area contributed by atoms with E-state index in [9.17, 15) is 14.4 Å². The topological polar surface area (TPSA) is 108 Å². The predicted octanol–water partition coefficient (Wildman–Crippen LogP) is -0.0914. The third-order valence-corrected chi connectivity index (χ3v) is 7.02. The van der Waals surface area contributed by atoms with Gasteiger partial charge in [-0.3, -0.25) is 19.1 Å². The van der Waals surface area contributed by atoms with Crippen LogP contribution in [0.5, 0.6) is 0 Å². The molecule has 11 heteroatoms. The lowest BCUT2D eigenvalue weighted by molar-refractivity contribution is -0.146. The smallest absolute Gasteiger partial charge is 0.241 e. The molecule has 2 aromatic rings. The lowest BCUT2D eigenvalue weighted by Crippen LogP contribution is -2.52. The highest BCUT2D eigenvalue weighted by atomic mass is 16.2. The van der Waals surface area contributed by atoms with Gasteiger partial charge in [-0.2, -0.15) is 5.10 Å². The number of carbonyl (C=O) groups excluding carboxylic acids is 3. The second kappa shape index (κ2) is 8.69. The molecule has 1 atom stereocenters. The van der Waals surface area contributed by atoms with Crippen LogP contribution in [0.15, 0.2) is 12.4 Å². The number of nitrogens with zero attached hydrogens (tertiary/aromatic N) is 8. The van der Waals surface area contributed by atoms with Gasteiger partial charge in [-0.25, -0.2) is 9.97 Å². The molecule has 180 valence electrons. The first-order chi connectivity index (χ1) is 16.3. The number of aromatic nitrogens is 4. The summed E-state index contributed by atoms with van der Waals surface area (Å²) in [6, 6.07) is 0. The van der Waals surface area contributed by atoms with Crippen LogP contribution in [-0.2, 0) is 34.4 Å². The summed E-state index contributed by atoms with van der Waals surface area (Å²) in [6.45, 7) is 5.18. The van der Waals surface area contributed by atoms with E-state index in [-0.39, 0.29) is 30.2 Å². The normalized spacial score (nSPS) is 20.7. The summed E-state index contributed by atoms with van der Waals surface area (Å²) in [7, 11) is 3.63. The molecule has 3 aliphatic rings. The molecular formula is C23H30N8O3. The minimum absolute atomic E-state index is 0.0199. The molecule has 0 bridgehead atoms. The van der Waals surface area contributed by atoms with E-state index in [1.807, 2.05) is 13.2 Å². The van der Waals surface area contributed by atoms with Gasteiger partial charge in [0.1, 0.15) is 5.69 Å². The van der Waals surface area contributed by atoms with Gasteiger partial charge < -0.3 is 19.6 Å². The number of likely N-dealkylation sites (N-methyl/N-ethyl adjacent to an activating group) is 1. The molecule has 0 aromatic carbocycles. The summed E-state index contributed by atoms with van der Waals surface area (Å²) in [6.07, 6.45) is 5.03. The van der Waals surface area contributed by atoms with E-state index >= 15 is 0 Å². The van der Waals surface area contributed by atoms with Crippen LogP contribution >= 0.6 is 0 Å². The molecule has 0 aliphatic carbocycles. The molecule has 3 aliphatic heterocycles. The van der Waals surface area contributed by atoms with Gasteiger partial charge >= 0.3 is 0 Å². The number of fused-ring (bicyclic) bond motifs is 1. The molecule has 34 heavy (non-hydrogen) atoms. The van der Waals surface area contributed by atoms with Crippen molar-refractivity contribution in [1.82, 2.24) is 34.4 Å². The van der Waals surface area contributed by atoms with Gasteiger partial charge in [0.25, 0.3) is 0 Å². The van der Waals surface area contributed by atoms with Gasteiger partial charge in [0, 0.05) is 71.9 Å². The van der Waals surface area contributed by atoms with Crippen LogP contribution in [0.2, 0.25) is 0 Å². The highest BCUT2D eigenvalue weighted by Gasteiger charge is 2.36. The molecule has 0 saturated carbocycles. The van der Waals surface area contributed by atoms with Crippen LogP contribution in [0, 0.1) is 5.92 Å². The fourth-order valence-corrected chi connectivity index (χ4v) is 4.91. The zero-order valence-corrected chi connectivity index (χ0v) is 19.9. The number of hydrogen-bond acceptors (Lipinski definition) is 7. The SMILES string of the molecule is CC(=O)N1CCc2nc(N3CCC(C(=O)N4CCN(C)C(=O)C4)C3)c(-c3cnn(C)c3)nc2C1. The van der Waals surface area contributed by atoms with Crippen LogP contribution < -0.4 is 4.90 Å². The molecule has 11 nitrogen and oxygen atoms in total. The van der Waals surface area contributed by atoms with Gasteiger partial charge in [-0.1, -0.05) is 0 Å². The van der Waals surface area contributed by atoms with Crippen molar-refractivity contribution in [1.29, 1.82) is 0 Å². The second-order valence-electron chi connectivity index (χ2n) is 9.39. The third-order valence-electron chi connectivity index (χ3n) is 7.02. The predicted molar refractivity (Wildman–Crippen MR) is 124 cm³/mol. The summed E-state index contributed by atoms with van der Waals surface area (Å²) in [5, 5.41) is 4.30. The Morgan fingerprint density at radius 3 is 2.53 bits per heavy atom. The van der Waals surface area contributed by atoms with E-state index in [1.54, 1.807) is 39.5 Å². The maximum Gasteiger partial charge on any atom is 0.241 e. The van der Waals surface area contributed by atoms with E-state index in [0.29, 0.717) is 52.1 Å². The standard InChI is InChI=1S/C23H30N8O3/c1-15(32)29-7-5-18-19(13-29)25-21(17-10-24-28(3)11-17)22(26-18)30-6-4-16(12-30)23(34)31-9-8-27(2)20(33)14-31/h10-11,16H,4-9,12-14H2,1-3H3. The van der Waals surface area contributed by atoms with E-state index in [1.165, 1.54) is 0 Å². The van der Waals surface area contributed by atoms with Crippen molar-refractivity contribution in [3.05, 3.63) is 23.8 Å². The first-order valence-electron chi connectivity index (χ1n) is 11.7. The van der Waals surface area contributed by atoms with E-state index in [0.717, 1.165) is 28.5 Å². The van der Waals surface area contributed by atoms with Crippen LogP contribution in [0.1, 0.15) is 24.7 Å². The van der Waals surface area contributed by atoms with Crippen molar-refractivity contribution < 1.29 is 14.4 Å². The zero-order chi connectivity index (χ0) is 24.0. The fraction of sp³-hybridized carbons (Fsp3) is 0.565. The lowest BCUT2D eigenvalue weighted by atomic mass is 10.1. The zero-order valence-electron chi connectivity index (χ0n) is 19.9. The monoisotopic (exact) mass is 466 g/mol. The fourth-order valence-electron chi connectivity index (χ4n) is 4.91. The Labute approximate surface area is 198 Å². The minimum atomic E-state index is -0.177. The maximum absolute atomic E-state index is 13.2. The maximum atomic E-state index is 13.2. The Hall–Kier alpha value is -3.50. The summed E-state index contributed by atoms with van der Waals surface area (Å²) < 4.78 is 1.73. The highest BCUT2D eigenvalue weighted by Crippen LogP contribution is 2.33. The van der Waals surface area contributed by atoms with Gasteiger partial charge in [0.15, 0.2) is 5.82 Å². The van der Waals surface area contributed by atoms with E-state index in [2.05, 4.69) is 10.00 Å². The molecule has 0 spiro atoms. The Bertz CT molecular complexity index is 1150. The lowest BCUT2D eigenvalue weighted by Gasteiger charge is -2.33. The number of rotatable bonds is 3. The van der Waals surface area contributed by atoms with Crippen LogP contribution in [0.4, 0.5) is 5.82 Å². The molecule has 2 saturated heterocycles. The van der Waals surface area contributed by atoms with Crippen molar-refractivity contribution >= 4 is 23.5 Å². The van der Waals surface area contributed by atoms with E-state index < -0.39 is 0 Å². The van der Waals surface area contributed by atoms with Crippen LogP contribution in [0.25, 0.3) is 11.3 Å². The molecule has 5 heterocycles. The molecule has 2 fully saturated rings. The molecule has 1 unspecified atom stereocenters. The Morgan fingerprint density at radius 2 is 1.82 bits per heavy atom. The average Bonchev–Trinajstić information content (AvgIpc) is 3.48. The summed E-state index contributed by atoms with van der Waals surface area (Å²) in [5.41, 5.74) is 3.29. The number of amides is 3. The summed E-state index contributed by atoms with van der Waals surface area (Å²) in [5.74, 6) is 0.628. The second-order valence-corrected chi connectivity index (χ2v) is 9.39. The summed E-state index contributed by atoms with van der Waals surface area (Å²) >= 11 is 0. The Kier molecular flexibility index (Phi) is 5.70. The van der Waals surface area contributed by atoms with Crippen LogP contribution in [-0.4, -0.2) is 98.5 Å². The summed E-state index contributed by atoms with van der Waals surface area (Å²) in [4.78, 5) is 54.4. The minimum Gasteiger partial charge on any atom is -0.354 e. The first-order valence-corrected chi connectivity index (χ1v) is 11.7. The van der Waals surface area contributed by atoms with Crippen molar-refractivity contribution in [2.75, 3.05) is 51.2 Å². The number of carbonyl (C=O) groups is 3. The third kappa shape index (κ3) is 4.10. The van der Waals surface area contributed by atoms with Crippen molar-refractivity contribution in [3.8, 4) is 11.3 Å². The quantitative estimate of drug-likeness (QED) is 0.622. The molecule has 0 N–H and O–H groups in total. The molecule has 2 aromatic heterocycles. The molecule has 3 amide bonds. The number of aryl methyl sites for hydroxylation is 1. The highest BCUT2D eigenvalue weighted by molar-refractivity contribution is 5.87. The van der Waals surface area contributed by atoms with Gasteiger partial charge in [-0.15, -0.1) is 0 Å². The molecule has 5 rings (SSSR count). The number of hydrogen-bond donors (Lipinski definition) is 0. The van der Waals surface area contributed by atoms with Gasteiger partial charge in [-0.05, 0) is 6.42 Å². The van der Waals surface area contributed by atoms with Crippen molar-refractivity contribution in [2.45, 2.75) is 26.3 Å². The number of anilines is 1. The average molecular weight is 467 g/mol. The molecular weight excluding hydrogens is 436 g/mol. The molecule has 0 radical (unpaired) electrons. The van der Waals surface area contributed by atoms with E-state index in [4.69, 9.17) is 9.97 Å². The van der Waals surface area contributed by atoms with Gasteiger partial charge in [0.05, 0.1) is 36.6 Å². The largest absolute Gasteiger partial charge is 0.354 e. The van der Waals surface area contributed by atoms with Gasteiger partial charge in [0.2, 0.25) is 17.7 Å².